The van der Waals surface area contributed by atoms with Crippen molar-refractivity contribution in [2.24, 2.45) is 0 Å². The van der Waals surface area contributed by atoms with E-state index < -0.39 is 5.97 Å². The molecule has 0 aliphatic heterocycles. The van der Waals surface area contributed by atoms with Crippen LogP contribution in [0.25, 0.3) is 0 Å². The molecular weight excluding hydrogens is 260 g/mol. The fourth-order valence-corrected chi connectivity index (χ4v) is 1.63. The summed E-state index contributed by atoms with van der Waals surface area (Å²) in [5.74, 6) is -1.17. The second-order valence-corrected chi connectivity index (χ2v) is 4.69. The van der Waals surface area contributed by atoms with Gasteiger partial charge < -0.3 is 14.5 Å². The fourth-order valence-electron chi connectivity index (χ4n) is 1.63. The van der Waals surface area contributed by atoms with E-state index in [0.717, 1.165) is 0 Å². The number of hydrogen-bond donors (Lipinski definition) is 0. The van der Waals surface area contributed by atoms with Crippen LogP contribution in [0.1, 0.15) is 31.1 Å². The highest BCUT2D eigenvalue weighted by Gasteiger charge is 2.18. The number of ether oxygens (including phenoxy) is 1. The number of carbonyl (C=O) groups is 3. The zero-order valence-corrected chi connectivity index (χ0v) is 12.3. The lowest BCUT2D eigenvalue weighted by molar-refractivity contribution is 0.0600. The third-order valence-corrected chi connectivity index (χ3v) is 2.66. The summed E-state index contributed by atoms with van der Waals surface area (Å²) in [5, 5.41) is 0. The van der Waals surface area contributed by atoms with Gasteiger partial charge in [-0.2, -0.15) is 0 Å². The van der Waals surface area contributed by atoms with Crippen LogP contribution in [0.3, 0.4) is 0 Å². The van der Waals surface area contributed by atoms with Gasteiger partial charge in [-0.05, 0) is 18.2 Å². The van der Waals surface area contributed by atoms with Crippen LogP contribution in [-0.2, 0) is 4.74 Å². The smallest absolute Gasteiger partial charge is 0.337 e. The lowest BCUT2D eigenvalue weighted by Gasteiger charge is -2.15. The van der Waals surface area contributed by atoms with Crippen LogP contribution in [0, 0.1) is 0 Å². The van der Waals surface area contributed by atoms with Gasteiger partial charge in [-0.1, -0.05) is 0 Å². The lowest BCUT2D eigenvalue weighted by Crippen LogP contribution is -2.25. The van der Waals surface area contributed by atoms with Crippen LogP contribution in [0.2, 0.25) is 0 Å². The molecule has 6 nitrogen and oxygen atoms in total. The summed E-state index contributed by atoms with van der Waals surface area (Å²) in [6, 6.07) is 4.30. The van der Waals surface area contributed by atoms with E-state index in [0.29, 0.717) is 0 Å². The fraction of sp³-hybridized carbons (Fsp3) is 0.357. The average Bonchev–Trinajstić information content (AvgIpc) is 2.43. The van der Waals surface area contributed by atoms with Crippen molar-refractivity contribution >= 4 is 17.8 Å². The molecule has 0 atom stereocenters. The summed E-state index contributed by atoms with van der Waals surface area (Å²) in [7, 11) is 7.64. The molecule has 0 spiro atoms. The van der Waals surface area contributed by atoms with Crippen LogP contribution in [0.15, 0.2) is 18.2 Å². The Balaban J connectivity index is 3.39. The molecule has 108 valence electrons. The van der Waals surface area contributed by atoms with Gasteiger partial charge in [-0.25, -0.2) is 4.79 Å². The number of methoxy groups -OCH3 is 1. The van der Waals surface area contributed by atoms with Crippen molar-refractivity contribution < 1.29 is 19.1 Å². The SMILES string of the molecule is COC(=O)c1cc(C(=O)N(C)C)cc(C(=O)N(C)C)c1. The van der Waals surface area contributed by atoms with E-state index in [1.807, 2.05) is 0 Å². The topological polar surface area (TPSA) is 66.9 Å². The summed E-state index contributed by atoms with van der Waals surface area (Å²) >= 11 is 0. The van der Waals surface area contributed by atoms with Crippen molar-refractivity contribution in [2.45, 2.75) is 0 Å². The molecule has 1 aromatic rings. The Morgan fingerprint density at radius 2 is 1.15 bits per heavy atom. The van der Waals surface area contributed by atoms with Crippen molar-refractivity contribution in [1.82, 2.24) is 9.80 Å². The first kappa shape index (κ1) is 15.7. The second-order valence-electron chi connectivity index (χ2n) is 4.69. The minimum atomic E-state index is -0.591. The molecular formula is C14H18N2O4. The Bertz CT molecular complexity index is 512. The maximum Gasteiger partial charge on any atom is 0.337 e. The lowest BCUT2D eigenvalue weighted by atomic mass is 10.0. The Labute approximate surface area is 117 Å². The molecule has 0 aliphatic rings. The van der Waals surface area contributed by atoms with Gasteiger partial charge in [0.1, 0.15) is 0 Å². The molecule has 2 amide bonds. The summed E-state index contributed by atoms with van der Waals surface area (Å²) in [4.78, 5) is 38.4. The third-order valence-electron chi connectivity index (χ3n) is 2.66. The van der Waals surface area contributed by atoms with Crippen molar-refractivity contribution in [3.8, 4) is 0 Å². The number of benzene rings is 1. The van der Waals surface area contributed by atoms with Crippen molar-refractivity contribution in [1.29, 1.82) is 0 Å². The molecule has 0 radical (unpaired) electrons. The third kappa shape index (κ3) is 3.34. The molecule has 1 rings (SSSR count). The average molecular weight is 278 g/mol. The van der Waals surface area contributed by atoms with Crippen molar-refractivity contribution in [3.05, 3.63) is 34.9 Å². The van der Waals surface area contributed by atoms with Gasteiger partial charge in [0.25, 0.3) is 11.8 Å². The number of esters is 1. The van der Waals surface area contributed by atoms with Crippen LogP contribution in [-0.4, -0.2) is 62.9 Å². The monoisotopic (exact) mass is 278 g/mol. The molecule has 20 heavy (non-hydrogen) atoms. The Hall–Kier alpha value is -2.37. The van der Waals surface area contributed by atoms with E-state index >= 15 is 0 Å². The molecule has 0 unspecified atom stereocenters. The molecule has 0 saturated heterocycles. The second kappa shape index (κ2) is 6.18. The molecule has 0 bridgehead atoms. The molecule has 0 saturated carbocycles. The first-order valence-electron chi connectivity index (χ1n) is 5.94. The molecule has 0 N–H and O–H groups in total. The molecule has 0 aromatic heterocycles. The normalized spacial score (nSPS) is 9.85. The minimum Gasteiger partial charge on any atom is -0.465 e. The van der Waals surface area contributed by atoms with E-state index in [2.05, 4.69) is 4.74 Å². The maximum atomic E-state index is 12.0. The molecule has 0 heterocycles. The number of amides is 2. The van der Waals surface area contributed by atoms with Crippen molar-refractivity contribution in [3.63, 3.8) is 0 Å². The Morgan fingerprint density at radius 1 is 0.800 bits per heavy atom. The highest BCUT2D eigenvalue weighted by atomic mass is 16.5. The standard InChI is InChI=1S/C14H18N2O4/c1-15(2)12(17)9-6-10(13(18)16(3)4)8-11(7-9)14(19)20-5/h6-8H,1-5H3. The Morgan fingerprint density at radius 3 is 1.45 bits per heavy atom. The van der Waals surface area contributed by atoms with Crippen LogP contribution >= 0.6 is 0 Å². The van der Waals surface area contributed by atoms with E-state index in [1.54, 1.807) is 28.2 Å². The maximum absolute atomic E-state index is 12.0. The van der Waals surface area contributed by atoms with Gasteiger partial charge >= 0.3 is 5.97 Å². The largest absolute Gasteiger partial charge is 0.465 e. The highest BCUT2D eigenvalue weighted by molar-refractivity contribution is 6.03. The van der Waals surface area contributed by atoms with Crippen LogP contribution in [0.4, 0.5) is 0 Å². The van der Waals surface area contributed by atoms with E-state index in [1.165, 1.54) is 35.1 Å². The highest BCUT2D eigenvalue weighted by Crippen LogP contribution is 2.14. The van der Waals surface area contributed by atoms with Gasteiger partial charge in [0.2, 0.25) is 0 Å². The zero-order chi connectivity index (χ0) is 15.4. The van der Waals surface area contributed by atoms with Crippen LogP contribution < -0.4 is 0 Å². The predicted octanol–water partition coefficient (Wildman–Crippen LogP) is 0.877. The van der Waals surface area contributed by atoms with Gasteiger partial charge in [-0.15, -0.1) is 0 Å². The number of carbonyl (C=O) groups excluding carboxylic acids is 3. The quantitative estimate of drug-likeness (QED) is 0.770. The van der Waals surface area contributed by atoms with Gasteiger partial charge in [0.05, 0.1) is 12.7 Å². The Kier molecular flexibility index (Phi) is 4.85. The number of nitrogens with zero attached hydrogens (tertiary/aromatic N) is 2. The summed E-state index contributed by atoms with van der Waals surface area (Å²) in [5.41, 5.74) is 0.705. The van der Waals surface area contributed by atoms with Gasteiger partial charge in [0, 0.05) is 39.3 Å². The van der Waals surface area contributed by atoms with E-state index in [9.17, 15) is 14.4 Å². The molecule has 0 fully saturated rings. The van der Waals surface area contributed by atoms with Crippen molar-refractivity contribution in [2.75, 3.05) is 35.3 Å². The molecule has 1 aromatic carbocycles. The van der Waals surface area contributed by atoms with Gasteiger partial charge in [0.15, 0.2) is 0 Å². The summed E-state index contributed by atoms with van der Waals surface area (Å²) in [6.07, 6.45) is 0. The molecule has 0 aliphatic carbocycles. The van der Waals surface area contributed by atoms with E-state index in [4.69, 9.17) is 0 Å². The summed E-state index contributed by atoms with van der Waals surface area (Å²) in [6.45, 7) is 0. The van der Waals surface area contributed by atoms with Gasteiger partial charge in [-0.3, -0.25) is 9.59 Å². The van der Waals surface area contributed by atoms with Crippen LogP contribution in [0.5, 0.6) is 0 Å². The molecule has 6 heteroatoms. The summed E-state index contributed by atoms with van der Waals surface area (Å²) < 4.78 is 4.64. The number of hydrogen-bond acceptors (Lipinski definition) is 4. The minimum absolute atomic E-state index is 0.172. The first-order valence-corrected chi connectivity index (χ1v) is 5.94. The first-order chi connectivity index (χ1) is 9.27. The zero-order valence-electron chi connectivity index (χ0n) is 12.3. The number of rotatable bonds is 3. The predicted molar refractivity (Wildman–Crippen MR) is 73.8 cm³/mol. The van der Waals surface area contributed by atoms with E-state index in [-0.39, 0.29) is 28.5 Å².